The summed E-state index contributed by atoms with van der Waals surface area (Å²) in [5.74, 6) is 0.102. The minimum Gasteiger partial charge on any atom is -0.364 e. The number of hydrogen-bond acceptors (Lipinski definition) is 5. The molecule has 1 amide bonds. The monoisotopic (exact) mass is 413 g/mol. The van der Waals surface area contributed by atoms with E-state index < -0.39 is 6.29 Å². The number of amides is 1. The van der Waals surface area contributed by atoms with Gasteiger partial charge in [-0.2, -0.15) is 5.26 Å². The molecule has 3 aromatic rings. The fourth-order valence-corrected chi connectivity index (χ4v) is 4.38. The third-order valence-electron chi connectivity index (χ3n) is 6.15. The number of aliphatic hydroxyl groups excluding tert-OH is 1. The summed E-state index contributed by atoms with van der Waals surface area (Å²) in [6.07, 6.45) is 0.0478. The number of carbonyl (C=O) groups excluding carboxylic acids is 1. The first kappa shape index (κ1) is 19.7. The smallest absolute Gasteiger partial charge is 0.241 e. The lowest BCUT2D eigenvalue weighted by Gasteiger charge is -2.34. The lowest BCUT2D eigenvalue weighted by atomic mass is 10.0. The van der Waals surface area contributed by atoms with E-state index in [0.29, 0.717) is 25.3 Å². The molecule has 3 aromatic carbocycles. The van der Waals surface area contributed by atoms with E-state index in [2.05, 4.69) is 17.0 Å². The summed E-state index contributed by atoms with van der Waals surface area (Å²) in [6.45, 7) is 3.15. The van der Waals surface area contributed by atoms with Crippen molar-refractivity contribution in [2.24, 2.45) is 0 Å². The first-order valence-electron chi connectivity index (χ1n) is 10.5. The van der Waals surface area contributed by atoms with Crippen LogP contribution in [-0.2, 0) is 22.6 Å². The van der Waals surface area contributed by atoms with Gasteiger partial charge in [-0.05, 0) is 52.6 Å². The fourth-order valence-electron chi connectivity index (χ4n) is 4.38. The standard InChI is InChI=1S/C25H23N3O3/c26-14-18-1-3-20-13-22(5-4-19(20)12-18)28-10-9-27(15-24(28)29)8-7-17-2-6-23-21(11-17)16-31-25(23)30/h1-6,11-13,25,30H,7-10,15-16H2. The Morgan fingerprint density at radius 3 is 2.74 bits per heavy atom. The molecule has 6 nitrogen and oxygen atoms in total. The van der Waals surface area contributed by atoms with Gasteiger partial charge in [0.1, 0.15) is 0 Å². The molecule has 1 unspecified atom stereocenters. The van der Waals surface area contributed by atoms with Crippen LogP contribution in [0.3, 0.4) is 0 Å². The van der Waals surface area contributed by atoms with Crippen molar-refractivity contribution in [2.45, 2.75) is 19.3 Å². The topological polar surface area (TPSA) is 76.8 Å². The van der Waals surface area contributed by atoms with Crippen LogP contribution in [0.2, 0.25) is 0 Å². The van der Waals surface area contributed by atoms with Crippen LogP contribution in [0, 0.1) is 11.3 Å². The summed E-state index contributed by atoms with van der Waals surface area (Å²) >= 11 is 0. The molecule has 2 heterocycles. The highest BCUT2D eigenvalue weighted by Gasteiger charge is 2.25. The number of nitriles is 1. The normalized spacial score (nSPS) is 18.9. The Kier molecular flexibility index (Phi) is 5.16. The number of hydrogen-bond donors (Lipinski definition) is 1. The SMILES string of the molecule is N#Cc1ccc2cc(N3CCN(CCc4ccc5c(c4)COC5O)CC3=O)ccc2c1. The van der Waals surface area contributed by atoms with E-state index in [0.717, 1.165) is 47.1 Å². The number of rotatable bonds is 4. The first-order chi connectivity index (χ1) is 15.1. The highest BCUT2D eigenvalue weighted by molar-refractivity contribution is 5.98. The summed E-state index contributed by atoms with van der Waals surface area (Å²) in [5.41, 5.74) is 4.63. The molecule has 1 atom stereocenters. The molecule has 31 heavy (non-hydrogen) atoms. The Morgan fingerprint density at radius 2 is 1.90 bits per heavy atom. The second-order valence-electron chi connectivity index (χ2n) is 8.13. The Morgan fingerprint density at radius 1 is 1.06 bits per heavy atom. The molecule has 6 heteroatoms. The van der Waals surface area contributed by atoms with E-state index in [1.165, 1.54) is 5.56 Å². The zero-order valence-corrected chi connectivity index (χ0v) is 17.1. The number of nitrogens with zero attached hydrogens (tertiary/aromatic N) is 3. The van der Waals surface area contributed by atoms with Gasteiger partial charge in [0.2, 0.25) is 5.91 Å². The maximum absolute atomic E-state index is 12.8. The van der Waals surface area contributed by atoms with Crippen molar-refractivity contribution in [2.75, 3.05) is 31.1 Å². The van der Waals surface area contributed by atoms with Crippen LogP contribution < -0.4 is 4.90 Å². The van der Waals surface area contributed by atoms with E-state index in [9.17, 15) is 9.90 Å². The van der Waals surface area contributed by atoms with Gasteiger partial charge in [0, 0.05) is 30.9 Å². The van der Waals surface area contributed by atoms with Crippen LogP contribution in [0.5, 0.6) is 0 Å². The average Bonchev–Trinajstić information content (AvgIpc) is 3.17. The summed E-state index contributed by atoms with van der Waals surface area (Å²) in [5, 5.41) is 20.8. The van der Waals surface area contributed by atoms with Gasteiger partial charge in [0.15, 0.2) is 6.29 Å². The minimum atomic E-state index is -0.807. The van der Waals surface area contributed by atoms with Crippen LogP contribution >= 0.6 is 0 Å². The minimum absolute atomic E-state index is 0.102. The van der Waals surface area contributed by atoms with Gasteiger partial charge in [0.05, 0.1) is 24.8 Å². The summed E-state index contributed by atoms with van der Waals surface area (Å²) < 4.78 is 5.26. The highest BCUT2D eigenvalue weighted by Crippen LogP contribution is 2.29. The molecular weight excluding hydrogens is 390 g/mol. The average molecular weight is 413 g/mol. The van der Waals surface area contributed by atoms with Crippen molar-refractivity contribution < 1.29 is 14.6 Å². The number of aliphatic hydroxyl groups is 1. The van der Waals surface area contributed by atoms with Crippen LogP contribution in [0.15, 0.2) is 54.6 Å². The molecular formula is C25H23N3O3. The summed E-state index contributed by atoms with van der Waals surface area (Å²) in [6, 6.07) is 19.8. The number of piperazine rings is 1. The molecule has 0 aliphatic carbocycles. The van der Waals surface area contributed by atoms with Crippen LogP contribution in [-0.4, -0.2) is 42.1 Å². The fraction of sp³-hybridized carbons (Fsp3) is 0.280. The molecule has 5 rings (SSSR count). The third kappa shape index (κ3) is 3.91. The number of benzene rings is 3. The lowest BCUT2D eigenvalue weighted by Crippen LogP contribution is -2.50. The lowest BCUT2D eigenvalue weighted by molar-refractivity contribution is -0.121. The van der Waals surface area contributed by atoms with Gasteiger partial charge in [-0.25, -0.2) is 0 Å². The van der Waals surface area contributed by atoms with Crippen molar-refractivity contribution in [1.29, 1.82) is 5.26 Å². The van der Waals surface area contributed by atoms with E-state index >= 15 is 0 Å². The number of ether oxygens (including phenoxy) is 1. The molecule has 0 bridgehead atoms. The van der Waals surface area contributed by atoms with Gasteiger partial charge in [-0.3, -0.25) is 9.69 Å². The summed E-state index contributed by atoms with van der Waals surface area (Å²) in [7, 11) is 0. The van der Waals surface area contributed by atoms with Gasteiger partial charge in [0.25, 0.3) is 0 Å². The Balaban J connectivity index is 1.22. The van der Waals surface area contributed by atoms with Crippen LogP contribution in [0.4, 0.5) is 5.69 Å². The predicted molar refractivity (Wildman–Crippen MR) is 117 cm³/mol. The van der Waals surface area contributed by atoms with Crippen molar-refractivity contribution in [3.63, 3.8) is 0 Å². The zero-order chi connectivity index (χ0) is 21.4. The number of carbonyl (C=O) groups is 1. The molecule has 2 aliphatic heterocycles. The molecule has 0 spiro atoms. The Labute approximate surface area is 180 Å². The largest absolute Gasteiger partial charge is 0.364 e. The molecule has 1 N–H and O–H groups in total. The van der Waals surface area contributed by atoms with Crippen molar-refractivity contribution in [3.8, 4) is 6.07 Å². The molecule has 1 fully saturated rings. The maximum Gasteiger partial charge on any atom is 0.241 e. The predicted octanol–water partition coefficient (Wildman–Crippen LogP) is 3.12. The molecule has 2 aliphatic rings. The third-order valence-corrected chi connectivity index (χ3v) is 6.15. The quantitative estimate of drug-likeness (QED) is 0.711. The Bertz CT molecular complexity index is 1200. The Hall–Kier alpha value is -3.24. The van der Waals surface area contributed by atoms with E-state index in [1.54, 1.807) is 6.07 Å². The molecule has 0 radical (unpaired) electrons. The van der Waals surface area contributed by atoms with Crippen molar-refractivity contribution in [1.82, 2.24) is 4.90 Å². The molecule has 156 valence electrons. The van der Waals surface area contributed by atoms with Gasteiger partial charge in [-0.15, -0.1) is 0 Å². The van der Waals surface area contributed by atoms with Crippen molar-refractivity contribution >= 4 is 22.4 Å². The maximum atomic E-state index is 12.8. The molecule has 0 aromatic heterocycles. The van der Waals surface area contributed by atoms with Crippen LogP contribution in [0.1, 0.15) is 28.5 Å². The van der Waals surface area contributed by atoms with E-state index in [-0.39, 0.29) is 5.91 Å². The first-order valence-corrected chi connectivity index (χ1v) is 10.5. The zero-order valence-electron chi connectivity index (χ0n) is 17.1. The van der Waals surface area contributed by atoms with E-state index in [4.69, 9.17) is 10.00 Å². The second-order valence-corrected chi connectivity index (χ2v) is 8.13. The second kappa shape index (κ2) is 8.12. The summed E-state index contributed by atoms with van der Waals surface area (Å²) in [4.78, 5) is 16.9. The number of anilines is 1. The molecule has 0 saturated carbocycles. The molecule has 1 saturated heterocycles. The van der Waals surface area contributed by atoms with Gasteiger partial charge in [-0.1, -0.05) is 30.3 Å². The van der Waals surface area contributed by atoms with E-state index in [1.807, 2.05) is 47.4 Å². The number of fused-ring (bicyclic) bond motifs is 2. The van der Waals surface area contributed by atoms with Gasteiger partial charge < -0.3 is 14.7 Å². The van der Waals surface area contributed by atoms with Gasteiger partial charge >= 0.3 is 0 Å². The van der Waals surface area contributed by atoms with Crippen LogP contribution in [0.25, 0.3) is 10.8 Å². The highest BCUT2D eigenvalue weighted by atomic mass is 16.6. The van der Waals surface area contributed by atoms with Crippen molar-refractivity contribution in [3.05, 3.63) is 76.9 Å².